The third-order valence-corrected chi connectivity index (χ3v) is 5.09. The van der Waals surface area contributed by atoms with E-state index in [1.54, 1.807) is 0 Å². The lowest BCUT2D eigenvalue weighted by atomic mass is 9.85. The van der Waals surface area contributed by atoms with Gasteiger partial charge in [0, 0.05) is 11.3 Å². The maximum Gasteiger partial charge on any atom is 0.291 e. The first-order chi connectivity index (χ1) is 10.3. The van der Waals surface area contributed by atoms with Crippen LogP contribution < -0.4 is 0 Å². The van der Waals surface area contributed by atoms with E-state index in [0.29, 0.717) is 5.92 Å². The van der Waals surface area contributed by atoms with Gasteiger partial charge in [0.25, 0.3) is 5.69 Å². The molecular weight excluding hydrogens is 264 g/mol. The number of hydrogen-bond acceptors (Lipinski definition) is 3. The van der Waals surface area contributed by atoms with Crippen LogP contribution in [0.2, 0.25) is 0 Å². The second-order valence-corrected chi connectivity index (χ2v) is 6.49. The number of hydrogen-bond donors (Lipinski definition) is 0. The van der Waals surface area contributed by atoms with Crippen LogP contribution in [0.15, 0.2) is 6.20 Å². The van der Waals surface area contributed by atoms with Crippen LogP contribution in [0, 0.1) is 10.1 Å². The van der Waals surface area contributed by atoms with E-state index < -0.39 is 0 Å². The molecule has 0 N–H and O–H groups in total. The number of rotatable bonds is 2. The van der Waals surface area contributed by atoms with E-state index in [2.05, 4.69) is 4.98 Å². The van der Waals surface area contributed by atoms with Gasteiger partial charge in [0.2, 0.25) is 0 Å². The van der Waals surface area contributed by atoms with Crippen molar-refractivity contribution in [1.82, 2.24) is 4.98 Å². The van der Waals surface area contributed by atoms with E-state index >= 15 is 0 Å². The minimum Gasteiger partial charge on any atom is -0.258 e. The Morgan fingerprint density at radius 2 is 1.67 bits per heavy atom. The molecule has 0 unspecified atom stereocenters. The van der Waals surface area contributed by atoms with Crippen molar-refractivity contribution in [3.8, 4) is 0 Å². The summed E-state index contributed by atoms with van der Waals surface area (Å²) in [4.78, 5) is 15.6. The lowest BCUT2D eigenvalue weighted by molar-refractivity contribution is -0.386. The largest absolute Gasteiger partial charge is 0.291 e. The molecule has 114 valence electrons. The van der Waals surface area contributed by atoms with Crippen LogP contribution in [0.3, 0.4) is 0 Å². The molecule has 2 aliphatic carbocycles. The third-order valence-electron chi connectivity index (χ3n) is 5.09. The molecular formula is C17H24N2O2. The first kappa shape index (κ1) is 14.5. The van der Waals surface area contributed by atoms with Crippen molar-refractivity contribution >= 4 is 5.69 Å². The van der Waals surface area contributed by atoms with Crippen LogP contribution in [-0.2, 0) is 12.8 Å². The van der Waals surface area contributed by atoms with Gasteiger partial charge >= 0.3 is 0 Å². The monoisotopic (exact) mass is 288 g/mol. The Hall–Kier alpha value is -1.45. The maximum absolute atomic E-state index is 11.5. The molecule has 1 heterocycles. The quantitative estimate of drug-likeness (QED) is 0.585. The molecule has 0 amide bonds. The summed E-state index contributed by atoms with van der Waals surface area (Å²) >= 11 is 0. The van der Waals surface area contributed by atoms with Gasteiger partial charge in [-0.1, -0.05) is 38.5 Å². The van der Waals surface area contributed by atoms with E-state index in [-0.39, 0.29) is 10.6 Å². The molecule has 21 heavy (non-hydrogen) atoms. The van der Waals surface area contributed by atoms with E-state index in [1.165, 1.54) is 50.3 Å². The molecule has 0 radical (unpaired) electrons. The Balaban J connectivity index is 1.97. The van der Waals surface area contributed by atoms with Crippen LogP contribution in [0.25, 0.3) is 0 Å². The molecule has 0 bridgehead atoms. The number of fused-ring (bicyclic) bond motifs is 1. The summed E-state index contributed by atoms with van der Waals surface area (Å²) in [6.07, 6.45) is 14.4. The smallest absolute Gasteiger partial charge is 0.258 e. The first-order valence-electron chi connectivity index (χ1n) is 8.42. The summed E-state index contributed by atoms with van der Waals surface area (Å²) in [7, 11) is 0. The van der Waals surface area contributed by atoms with E-state index in [4.69, 9.17) is 0 Å². The molecule has 1 aromatic rings. The number of aromatic nitrogens is 1. The standard InChI is InChI=1S/C17H24N2O2/c20-19(21)16-12-18-15-11-7-10-14(15)17(16)13-8-5-3-1-2-4-6-9-13/h12-13H,1-11H2. The molecule has 4 nitrogen and oxygen atoms in total. The van der Waals surface area contributed by atoms with Crippen molar-refractivity contribution in [2.45, 2.75) is 76.5 Å². The van der Waals surface area contributed by atoms with Crippen LogP contribution in [0.4, 0.5) is 5.69 Å². The molecule has 1 aromatic heterocycles. The summed E-state index contributed by atoms with van der Waals surface area (Å²) in [6.45, 7) is 0. The molecule has 0 aliphatic heterocycles. The van der Waals surface area contributed by atoms with Gasteiger partial charge < -0.3 is 0 Å². The fourth-order valence-corrected chi connectivity index (χ4v) is 4.05. The highest BCUT2D eigenvalue weighted by molar-refractivity contribution is 5.49. The number of nitrogens with zero attached hydrogens (tertiary/aromatic N) is 2. The number of pyridine rings is 1. The zero-order valence-corrected chi connectivity index (χ0v) is 12.6. The highest BCUT2D eigenvalue weighted by Gasteiger charge is 2.30. The molecule has 0 aromatic carbocycles. The minimum atomic E-state index is -0.215. The van der Waals surface area contributed by atoms with Crippen molar-refractivity contribution in [2.75, 3.05) is 0 Å². The molecule has 0 saturated heterocycles. The van der Waals surface area contributed by atoms with Crippen molar-refractivity contribution in [1.29, 1.82) is 0 Å². The highest BCUT2D eigenvalue weighted by atomic mass is 16.6. The Kier molecular flexibility index (Phi) is 4.51. The summed E-state index contributed by atoms with van der Waals surface area (Å²) in [5.41, 5.74) is 3.66. The molecule has 4 heteroatoms. The average molecular weight is 288 g/mol. The molecule has 1 saturated carbocycles. The van der Waals surface area contributed by atoms with E-state index in [9.17, 15) is 10.1 Å². The topological polar surface area (TPSA) is 56.0 Å². The van der Waals surface area contributed by atoms with Crippen LogP contribution in [-0.4, -0.2) is 9.91 Å². The predicted molar refractivity (Wildman–Crippen MR) is 82.6 cm³/mol. The van der Waals surface area contributed by atoms with Gasteiger partial charge in [0.15, 0.2) is 0 Å². The second kappa shape index (κ2) is 6.54. The van der Waals surface area contributed by atoms with Crippen molar-refractivity contribution in [3.63, 3.8) is 0 Å². The van der Waals surface area contributed by atoms with Gasteiger partial charge in [-0.2, -0.15) is 0 Å². The summed E-state index contributed by atoms with van der Waals surface area (Å²) in [5.74, 6) is 0.373. The van der Waals surface area contributed by atoms with E-state index in [0.717, 1.165) is 43.4 Å². The Morgan fingerprint density at radius 3 is 2.33 bits per heavy atom. The Morgan fingerprint density at radius 1 is 1.00 bits per heavy atom. The van der Waals surface area contributed by atoms with Crippen LogP contribution >= 0.6 is 0 Å². The molecule has 3 rings (SSSR count). The molecule has 0 atom stereocenters. The lowest BCUT2D eigenvalue weighted by Crippen LogP contribution is -2.09. The zero-order chi connectivity index (χ0) is 14.7. The van der Waals surface area contributed by atoms with Gasteiger partial charge in [0.05, 0.1) is 4.92 Å². The second-order valence-electron chi connectivity index (χ2n) is 6.49. The minimum absolute atomic E-state index is 0.215. The lowest BCUT2D eigenvalue weighted by Gasteiger charge is -2.19. The number of nitro groups is 1. The zero-order valence-electron chi connectivity index (χ0n) is 12.6. The summed E-state index contributed by atoms with van der Waals surface area (Å²) in [5, 5.41) is 11.5. The van der Waals surface area contributed by atoms with E-state index in [1.807, 2.05) is 0 Å². The summed E-state index contributed by atoms with van der Waals surface area (Å²) < 4.78 is 0. The third kappa shape index (κ3) is 3.09. The van der Waals surface area contributed by atoms with Crippen molar-refractivity contribution < 1.29 is 4.92 Å². The fraction of sp³-hybridized carbons (Fsp3) is 0.706. The molecule has 0 spiro atoms. The highest BCUT2D eigenvalue weighted by Crippen LogP contribution is 2.40. The van der Waals surface area contributed by atoms with Gasteiger partial charge in [-0.25, -0.2) is 0 Å². The van der Waals surface area contributed by atoms with Gasteiger partial charge in [-0.05, 0) is 43.6 Å². The van der Waals surface area contributed by atoms with Gasteiger partial charge in [-0.15, -0.1) is 0 Å². The van der Waals surface area contributed by atoms with Crippen LogP contribution in [0.1, 0.15) is 80.5 Å². The van der Waals surface area contributed by atoms with Crippen LogP contribution in [0.5, 0.6) is 0 Å². The molecule has 1 fully saturated rings. The Labute approximate surface area is 126 Å². The van der Waals surface area contributed by atoms with Crippen molar-refractivity contribution in [2.24, 2.45) is 0 Å². The molecule has 2 aliphatic rings. The SMILES string of the molecule is O=[N+]([O-])c1cnc2c(c1C1CCCCCCCC1)CCC2. The maximum atomic E-state index is 11.5. The van der Waals surface area contributed by atoms with Gasteiger partial charge in [0.1, 0.15) is 6.20 Å². The normalized spacial score (nSPS) is 20.4. The summed E-state index contributed by atoms with van der Waals surface area (Å²) in [6, 6.07) is 0. The predicted octanol–water partition coefficient (Wildman–Crippen LogP) is 4.70. The van der Waals surface area contributed by atoms with Gasteiger partial charge in [-0.3, -0.25) is 15.1 Å². The number of aryl methyl sites for hydroxylation is 1. The first-order valence-corrected chi connectivity index (χ1v) is 8.42. The van der Waals surface area contributed by atoms with Crippen molar-refractivity contribution in [3.05, 3.63) is 33.1 Å². The fourth-order valence-electron chi connectivity index (χ4n) is 4.05. The average Bonchev–Trinajstić information content (AvgIpc) is 2.98. The Bertz CT molecular complexity index is 518.